The van der Waals surface area contributed by atoms with Gasteiger partial charge in [0.05, 0.1) is 59.3 Å². The third-order valence-electron chi connectivity index (χ3n) is 4.24. The Bertz CT molecular complexity index is 1150. The number of pyridine rings is 1. The smallest absolute Gasteiger partial charge is 0.260 e. The SMILES string of the molecule is COCCn1cc(-c2cn3ncc(C(=O)Nc4cc(N)cnc4C)c3s2)cn1.Cl. The van der Waals surface area contributed by atoms with Crippen LogP contribution in [0.2, 0.25) is 0 Å². The van der Waals surface area contributed by atoms with Gasteiger partial charge in [0, 0.05) is 25.1 Å². The second kappa shape index (κ2) is 8.60. The molecule has 0 saturated carbocycles. The van der Waals surface area contributed by atoms with Crippen LogP contribution in [0.1, 0.15) is 16.1 Å². The van der Waals surface area contributed by atoms with Gasteiger partial charge in [-0.3, -0.25) is 14.5 Å². The van der Waals surface area contributed by atoms with Crippen LogP contribution in [0.25, 0.3) is 15.3 Å². The lowest BCUT2D eigenvalue weighted by Gasteiger charge is -2.07. The molecule has 0 aliphatic heterocycles. The second-order valence-electron chi connectivity index (χ2n) is 6.24. The number of methoxy groups -OCH3 is 1. The first-order valence-corrected chi connectivity index (χ1v) is 9.39. The largest absolute Gasteiger partial charge is 0.397 e. The molecule has 152 valence electrons. The zero-order chi connectivity index (χ0) is 19.7. The van der Waals surface area contributed by atoms with Gasteiger partial charge in [-0.15, -0.1) is 23.7 Å². The lowest BCUT2D eigenvalue weighted by atomic mass is 10.2. The fourth-order valence-electron chi connectivity index (χ4n) is 2.74. The van der Waals surface area contributed by atoms with Gasteiger partial charge in [-0.25, -0.2) is 4.52 Å². The molecule has 0 unspecified atom stereocenters. The van der Waals surface area contributed by atoms with Gasteiger partial charge in [0.1, 0.15) is 4.83 Å². The Kier molecular flexibility index (Phi) is 6.16. The molecule has 11 heteroatoms. The third-order valence-corrected chi connectivity index (χ3v) is 5.40. The lowest BCUT2D eigenvalue weighted by molar-refractivity contribution is 0.102. The van der Waals surface area contributed by atoms with Gasteiger partial charge in [-0.05, 0) is 13.0 Å². The molecular weight excluding hydrogens is 414 g/mol. The van der Waals surface area contributed by atoms with Crippen molar-refractivity contribution < 1.29 is 9.53 Å². The Hall–Kier alpha value is -2.95. The number of fused-ring (bicyclic) bond motifs is 1. The summed E-state index contributed by atoms with van der Waals surface area (Å²) in [6, 6.07) is 1.69. The van der Waals surface area contributed by atoms with Gasteiger partial charge in [-0.1, -0.05) is 0 Å². The van der Waals surface area contributed by atoms with Crippen LogP contribution in [0.4, 0.5) is 11.4 Å². The summed E-state index contributed by atoms with van der Waals surface area (Å²) in [5, 5.41) is 11.5. The number of nitrogens with one attached hydrogen (secondary N) is 1. The molecule has 0 aliphatic carbocycles. The summed E-state index contributed by atoms with van der Waals surface area (Å²) in [5.74, 6) is -0.255. The Balaban J connectivity index is 0.00000240. The van der Waals surface area contributed by atoms with E-state index in [9.17, 15) is 4.79 Å². The van der Waals surface area contributed by atoms with E-state index in [0.29, 0.717) is 35.8 Å². The minimum atomic E-state index is -0.255. The number of carbonyl (C=O) groups is 1. The Labute approximate surface area is 176 Å². The van der Waals surface area contributed by atoms with Crippen LogP contribution in [0.15, 0.2) is 37.1 Å². The minimum absolute atomic E-state index is 0. The molecule has 1 amide bonds. The van der Waals surface area contributed by atoms with Crippen molar-refractivity contribution in [3.05, 3.63) is 48.3 Å². The highest BCUT2D eigenvalue weighted by molar-refractivity contribution is 7.21. The molecule has 4 aromatic rings. The summed E-state index contributed by atoms with van der Waals surface area (Å²) < 4.78 is 8.60. The number of rotatable bonds is 6. The molecule has 3 N–H and O–H groups in total. The van der Waals surface area contributed by atoms with E-state index in [-0.39, 0.29) is 18.3 Å². The average Bonchev–Trinajstić information content (AvgIpc) is 3.37. The van der Waals surface area contributed by atoms with Crippen molar-refractivity contribution in [3.63, 3.8) is 0 Å². The zero-order valence-electron chi connectivity index (χ0n) is 15.8. The van der Waals surface area contributed by atoms with Gasteiger partial charge in [0.25, 0.3) is 5.91 Å². The summed E-state index contributed by atoms with van der Waals surface area (Å²) in [6.07, 6.45) is 8.75. The predicted octanol–water partition coefficient (Wildman–Crippen LogP) is 2.87. The van der Waals surface area contributed by atoms with Gasteiger partial charge in [0.2, 0.25) is 0 Å². The fourth-order valence-corrected chi connectivity index (χ4v) is 3.77. The van der Waals surface area contributed by atoms with E-state index in [1.807, 2.05) is 24.0 Å². The van der Waals surface area contributed by atoms with E-state index in [0.717, 1.165) is 15.3 Å². The minimum Gasteiger partial charge on any atom is -0.397 e. The van der Waals surface area contributed by atoms with Crippen LogP contribution in [-0.2, 0) is 11.3 Å². The Morgan fingerprint density at radius 3 is 2.90 bits per heavy atom. The highest BCUT2D eigenvalue weighted by Crippen LogP contribution is 2.30. The molecule has 0 fully saturated rings. The van der Waals surface area contributed by atoms with E-state index in [2.05, 4.69) is 20.5 Å². The number of carbonyl (C=O) groups excluding carboxylic acids is 1. The van der Waals surface area contributed by atoms with Crippen molar-refractivity contribution in [1.82, 2.24) is 24.4 Å². The fraction of sp³-hybridized carbons (Fsp3) is 0.222. The predicted molar refractivity (Wildman–Crippen MR) is 115 cm³/mol. The van der Waals surface area contributed by atoms with Gasteiger partial charge >= 0.3 is 0 Å². The Morgan fingerprint density at radius 1 is 1.28 bits per heavy atom. The average molecular weight is 434 g/mol. The van der Waals surface area contributed by atoms with Crippen LogP contribution in [0.5, 0.6) is 0 Å². The first-order valence-electron chi connectivity index (χ1n) is 8.57. The number of amides is 1. The quantitative estimate of drug-likeness (QED) is 0.483. The van der Waals surface area contributed by atoms with Crippen LogP contribution in [0.3, 0.4) is 0 Å². The number of anilines is 2. The van der Waals surface area contributed by atoms with E-state index in [4.69, 9.17) is 10.5 Å². The molecule has 4 rings (SSSR count). The Morgan fingerprint density at radius 2 is 2.10 bits per heavy atom. The maximum atomic E-state index is 12.8. The number of nitrogens with two attached hydrogens (primary N) is 1. The molecule has 0 bridgehead atoms. The number of nitrogens with zero attached hydrogens (tertiary/aromatic N) is 5. The summed E-state index contributed by atoms with van der Waals surface area (Å²) in [7, 11) is 1.66. The maximum Gasteiger partial charge on any atom is 0.260 e. The number of halogens is 1. The zero-order valence-corrected chi connectivity index (χ0v) is 17.5. The molecule has 0 saturated heterocycles. The van der Waals surface area contributed by atoms with Crippen LogP contribution in [0, 0.1) is 6.92 Å². The molecule has 29 heavy (non-hydrogen) atoms. The van der Waals surface area contributed by atoms with E-state index in [1.165, 1.54) is 11.3 Å². The monoisotopic (exact) mass is 433 g/mol. The number of nitrogen functional groups attached to an aromatic ring is 1. The molecule has 4 heterocycles. The first kappa shape index (κ1) is 20.8. The number of hydrogen-bond acceptors (Lipinski definition) is 7. The molecule has 0 spiro atoms. The molecule has 4 aromatic heterocycles. The first-order chi connectivity index (χ1) is 13.5. The number of ether oxygens (including phenoxy) is 1. The van der Waals surface area contributed by atoms with Crippen molar-refractivity contribution in [2.24, 2.45) is 0 Å². The van der Waals surface area contributed by atoms with E-state index < -0.39 is 0 Å². The van der Waals surface area contributed by atoms with Gasteiger partial charge in [-0.2, -0.15) is 10.2 Å². The molecule has 9 nitrogen and oxygen atoms in total. The number of hydrogen-bond donors (Lipinski definition) is 2. The van der Waals surface area contributed by atoms with Crippen molar-refractivity contribution in [3.8, 4) is 10.4 Å². The van der Waals surface area contributed by atoms with E-state index in [1.54, 1.807) is 36.3 Å². The molecule has 0 aromatic carbocycles. The standard InChI is InChI=1S/C18H19N7O2S.ClH/c1-11-15(5-13(19)7-20-11)23-17(26)14-8-22-25-10-16(28-18(14)25)12-6-21-24(9-12)3-4-27-2;/h5-10H,3-4,19H2,1-2H3,(H,23,26);1H. The lowest BCUT2D eigenvalue weighted by Crippen LogP contribution is -2.13. The molecule has 0 aliphatic rings. The summed E-state index contributed by atoms with van der Waals surface area (Å²) in [6.45, 7) is 3.09. The maximum absolute atomic E-state index is 12.8. The topological polar surface area (TPSA) is 112 Å². The summed E-state index contributed by atoms with van der Waals surface area (Å²) in [5.41, 5.74) is 9.00. The van der Waals surface area contributed by atoms with Crippen molar-refractivity contribution in [1.29, 1.82) is 0 Å². The van der Waals surface area contributed by atoms with Crippen LogP contribution >= 0.6 is 23.7 Å². The number of thiazole rings is 1. The third kappa shape index (κ3) is 4.24. The summed E-state index contributed by atoms with van der Waals surface area (Å²) in [4.78, 5) is 18.7. The number of aromatic nitrogens is 5. The summed E-state index contributed by atoms with van der Waals surface area (Å²) >= 11 is 1.48. The van der Waals surface area contributed by atoms with Crippen LogP contribution in [-0.4, -0.2) is 44.0 Å². The van der Waals surface area contributed by atoms with Gasteiger partial charge in [0.15, 0.2) is 0 Å². The van der Waals surface area contributed by atoms with Crippen LogP contribution < -0.4 is 11.1 Å². The normalized spacial score (nSPS) is 10.8. The van der Waals surface area contributed by atoms with Crippen molar-refractivity contribution >= 4 is 45.9 Å². The van der Waals surface area contributed by atoms with Crippen molar-refractivity contribution in [2.45, 2.75) is 13.5 Å². The number of aryl methyl sites for hydroxylation is 1. The van der Waals surface area contributed by atoms with E-state index >= 15 is 0 Å². The van der Waals surface area contributed by atoms with Crippen molar-refractivity contribution in [2.75, 3.05) is 24.8 Å². The molecule has 0 atom stereocenters. The highest BCUT2D eigenvalue weighted by atomic mass is 35.5. The second-order valence-corrected chi connectivity index (χ2v) is 7.27. The molecular formula is C18H20ClN7O2S. The molecule has 0 radical (unpaired) electrons. The van der Waals surface area contributed by atoms with Gasteiger partial charge < -0.3 is 15.8 Å². The highest BCUT2D eigenvalue weighted by Gasteiger charge is 2.18.